The molecule has 3 rings (SSSR count). The number of nitrogens with one attached hydrogen (secondary N) is 1. The molecule has 0 fully saturated rings. The monoisotopic (exact) mass is 330 g/mol. The zero-order chi connectivity index (χ0) is 17.3. The van der Waals surface area contributed by atoms with Crippen LogP contribution in [0.4, 0.5) is 11.4 Å². The van der Waals surface area contributed by atoms with E-state index in [-0.39, 0.29) is 0 Å². The molecular formula is C23H26N2. The topological polar surface area (TPSA) is 15.3 Å². The van der Waals surface area contributed by atoms with E-state index >= 15 is 0 Å². The van der Waals surface area contributed by atoms with Crippen molar-refractivity contribution < 1.29 is 0 Å². The lowest BCUT2D eigenvalue weighted by atomic mass is 10.0. The third-order valence-electron chi connectivity index (χ3n) is 4.47. The Morgan fingerprint density at radius 1 is 0.760 bits per heavy atom. The third-order valence-corrected chi connectivity index (χ3v) is 4.47. The van der Waals surface area contributed by atoms with E-state index in [1.807, 2.05) is 6.07 Å². The number of nitrogens with zero attached hydrogens (tertiary/aromatic N) is 1. The van der Waals surface area contributed by atoms with Crippen LogP contribution in [0.2, 0.25) is 0 Å². The van der Waals surface area contributed by atoms with Crippen LogP contribution in [-0.4, -0.2) is 19.6 Å². The van der Waals surface area contributed by atoms with E-state index < -0.39 is 0 Å². The van der Waals surface area contributed by atoms with Crippen molar-refractivity contribution in [3.8, 4) is 0 Å². The number of anilines is 2. The van der Waals surface area contributed by atoms with Crippen LogP contribution in [0.3, 0.4) is 0 Å². The molecule has 0 bridgehead atoms. The maximum atomic E-state index is 3.52. The molecule has 0 saturated heterocycles. The maximum absolute atomic E-state index is 3.52. The quantitative estimate of drug-likeness (QED) is 0.594. The minimum atomic E-state index is 0.484. The van der Waals surface area contributed by atoms with Gasteiger partial charge in [0, 0.05) is 31.0 Å². The molecule has 0 saturated carbocycles. The molecular weight excluding hydrogens is 304 g/mol. The van der Waals surface area contributed by atoms with Crippen LogP contribution in [0.1, 0.15) is 18.4 Å². The minimum absolute atomic E-state index is 0.484. The molecule has 0 aliphatic heterocycles. The van der Waals surface area contributed by atoms with Gasteiger partial charge in [-0.05, 0) is 35.7 Å². The molecule has 1 N–H and O–H groups in total. The Morgan fingerprint density at radius 3 is 1.96 bits per heavy atom. The fourth-order valence-electron chi connectivity index (χ4n) is 3.07. The second-order valence-electron chi connectivity index (χ2n) is 6.39. The molecule has 0 amide bonds. The van der Waals surface area contributed by atoms with Gasteiger partial charge in [-0.1, -0.05) is 73.7 Å². The molecule has 3 aromatic rings. The SMILES string of the molecule is CC(CN(CCNc1ccccc1)c1ccccc1)c1ccccc1. The maximum Gasteiger partial charge on any atom is 0.0367 e. The zero-order valence-corrected chi connectivity index (χ0v) is 14.8. The zero-order valence-electron chi connectivity index (χ0n) is 14.8. The second kappa shape index (κ2) is 8.93. The molecule has 0 aliphatic rings. The summed E-state index contributed by atoms with van der Waals surface area (Å²) >= 11 is 0. The van der Waals surface area contributed by atoms with E-state index in [9.17, 15) is 0 Å². The van der Waals surface area contributed by atoms with Crippen LogP contribution in [0, 0.1) is 0 Å². The fourth-order valence-corrected chi connectivity index (χ4v) is 3.07. The first-order chi connectivity index (χ1) is 12.3. The molecule has 1 unspecified atom stereocenters. The summed E-state index contributed by atoms with van der Waals surface area (Å²) in [5, 5.41) is 3.52. The van der Waals surface area contributed by atoms with Gasteiger partial charge in [0.25, 0.3) is 0 Å². The van der Waals surface area contributed by atoms with E-state index in [2.05, 4.69) is 102 Å². The number of para-hydroxylation sites is 2. The Kier molecular flexibility index (Phi) is 6.11. The van der Waals surface area contributed by atoms with Crippen LogP contribution in [0.25, 0.3) is 0 Å². The Morgan fingerprint density at radius 2 is 1.32 bits per heavy atom. The largest absolute Gasteiger partial charge is 0.383 e. The number of benzene rings is 3. The lowest BCUT2D eigenvalue weighted by molar-refractivity contribution is 0.694. The van der Waals surface area contributed by atoms with Gasteiger partial charge in [0.2, 0.25) is 0 Å². The van der Waals surface area contributed by atoms with Crippen molar-refractivity contribution in [1.82, 2.24) is 0 Å². The first-order valence-electron chi connectivity index (χ1n) is 8.97. The molecule has 25 heavy (non-hydrogen) atoms. The van der Waals surface area contributed by atoms with Gasteiger partial charge < -0.3 is 10.2 Å². The predicted molar refractivity (Wildman–Crippen MR) is 108 cm³/mol. The highest BCUT2D eigenvalue weighted by Crippen LogP contribution is 2.21. The molecule has 128 valence electrons. The van der Waals surface area contributed by atoms with Gasteiger partial charge in [0.1, 0.15) is 0 Å². The smallest absolute Gasteiger partial charge is 0.0367 e. The van der Waals surface area contributed by atoms with Crippen LogP contribution in [0.15, 0.2) is 91.0 Å². The standard InChI is InChI=1S/C23H26N2/c1-20(21-11-5-2-6-12-21)19-25(23-15-9-4-10-16-23)18-17-24-22-13-7-3-8-14-22/h2-16,20,24H,17-19H2,1H3. The van der Waals surface area contributed by atoms with Crippen molar-refractivity contribution in [2.75, 3.05) is 29.9 Å². The molecule has 0 aliphatic carbocycles. The van der Waals surface area contributed by atoms with Gasteiger partial charge in [-0.2, -0.15) is 0 Å². The van der Waals surface area contributed by atoms with Crippen LogP contribution < -0.4 is 10.2 Å². The molecule has 2 heteroatoms. The second-order valence-corrected chi connectivity index (χ2v) is 6.39. The average Bonchev–Trinajstić information content (AvgIpc) is 2.69. The van der Waals surface area contributed by atoms with Gasteiger partial charge in [-0.25, -0.2) is 0 Å². The van der Waals surface area contributed by atoms with Gasteiger partial charge >= 0.3 is 0 Å². The fraction of sp³-hybridized carbons (Fsp3) is 0.217. The highest BCUT2D eigenvalue weighted by atomic mass is 15.1. The highest BCUT2D eigenvalue weighted by molar-refractivity contribution is 5.48. The Balaban J connectivity index is 1.65. The molecule has 3 aromatic carbocycles. The first-order valence-corrected chi connectivity index (χ1v) is 8.97. The Bertz CT molecular complexity index is 726. The van der Waals surface area contributed by atoms with E-state index in [0.717, 1.165) is 19.6 Å². The van der Waals surface area contributed by atoms with Gasteiger partial charge in [-0.3, -0.25) is 0 Å². The predicted octanol–water partition coefficient (Wildman–Crippen LogP) is 5.41. The van der Waals surface area contributed by atoms with Crippen LogP contribution in [0.5, 0.6) is 0 Å². The van der Waals surface area contributed by atoms with Gasteiger partial charge in [0.05, 0.1) is 0 Å². The van der Waals surface area contributed by atoms with Crippen LogP contribution >= 0.6 is 0 Å². The first kappa shape index (κ1) is 17.1. The minimum Gasteiger partial charge on any atom is -0.383 e. The molecule has 0 spiro atoms. The van der Waals surface area contributed by atoms with E-state index in [4.69, 9.17) is 0 Å². The summed E-state index contributed by atoms with van der Waals surface area (Å²) in [7, 11) is 0. The lowest BCUT2D eigenvalue weighted by Gasteiger charge is -2.28. The molecule has 2 nitrogen and oxygen atoms in total. The summed E-state index contributed by atoms with van der Waals surface area (Å²) in [6.45, 7) is 5.19. The summed E-state index contributed by atoms with van der Waals surface area (Å²) in [5.74, 6) is 0.484. The van der Waals surface area contributed by atoms with Gasteiger partial charge in [-0.15, -0.1) is 0 Å². The highest BCUT2D eigenvalue weighted by Gasteiger charge is 2.12. The van der Waals surface area contributed by atoms with E-state index in [0.29, 0.717) is 5.92 Å². The Labute approximate surface area is 151 Å². The molecule has 0 heterocycles. The van der Waals surface area contributed by atoms with Gasteiger partial charge in [0.15, 0.2) is 0 Å². The number of hydrogen-bond donors (Lipinski definition) is 1. The number of rotatable bonds is 8. The van der Waals surface area contributed by atoms with Crippen LogP contribution in [-0.2, 0) is 0 Å². The molecule has 1 atom stereocenters. The normalized spacial score (nSPS) is 11.7. The van der Waals surface area contributed by atoms with E-state index in [1.165, 1.54) is 16.9 Å². The lowest BCUT2D eigenvalue weighted by Crippen LogP contribution is -2.32. The summed E-state index contributed by atoms with van der Waals surface area (Å²) in [6, 6.07) is 31.8. The summed E-state index contributed by atoms with van der Waals surface area (Å²) < 4.78 is 0. The average molecular weight is 330 g/mol. The van der Waals surface area contributed by atoms with Crippen molar-refractivity contribution in [1.29, 1.82) is 0 Å². The number of hydrogen-bond acceptors (Lipinski definition) is 2. The van der Waals surface area contributed by atoms with Crippen molar-refractivity contribution in [3.05, 3.63) is 96.6 Å². The summed E-state index contributed by atoms with van der Waals surface area (Å²) in [6.07, 6.45) is 0. The molecule has 0 radical (unpaired) electrons. The van der Waals surface area contributed by atoms with Crippen molar-refractivity contribution in [2.24, 2.45) is 0 Å². The van der Waals surface area contributed by atoms with Crippen molar-refractivity contribution in [2.45, 2.75) is 12.8 Å². The Hall–Kier alpha value is -2.74. The summed E-state index contributed by atoms with van der Waals surface area (Å²) in [5.41, 5.74) is 3.84. The van der Waals surface area contributed by atoms with Crippen molar-refractivity contribution >= 4 is 11.4 Å². The third kappa shape index (κ3) is 5.12. The summed E-state index contributed by atoms with van der Waals surface area (Å²) in [4.78, 5) is 2.47. The molecule has 0 aromatic heterocycles. The van der Waals surface area contributed by atoms with E-state index in [1.54, 1.807) is 0 Å². The van der Waals surface area contributed by atoms with Crippen molar-refractivity contribution in [3.63, 3.8) is 0 Å².